The second-order valence-corrected chi connectivity index (χ2v) is 3.82. The maximum absolute atomic E-state index is 10.1. The molecule has 0 saturated heterocycles. The average molecular weight is 242 g/mol. The molecule has 1 aromatic rings. The number of nitrogens with zero attached hydrogens (tertiary/aromatic N) is 2. The number of aliphatic imine (C=N–C) groups is 1. The minimum Gasteiger partial charge on any atom is -0.357 e. The SMILES string of the molecule is CC1=NC(O)(Nc2ccccc2)CN1C.Cl. The molecule has 0 spiro atoms. The Morgan fingerprint density at radius 2 is 2.00 bits per heavy atom. The highest BCUT2D eigenvalue weighted by atomic mass is 35.5. The lowest BCUT2D eigenvalue weighted by Crippen LogP contribution is -2.40. The minimum atomic E-state index is -1.19. The normalized spacial score (nSPS) is 23.7. The first-order valence-corrected chi connectivity index (χ1v) is 4.92. The molecule has 1 unspecified atom stereocenters. The van der Waals surface area contributed by atoms with Gasteiger partial charge in [0.2, 0.25) is 0 Å². The molecule has 0 aromatic heterocycles. The number of para-hydroxylation sites is 1. The van der Waals surface area contributed by atoms with Gasteiger partial charge in [-0.25, -0.2) is 4.99 Å². The van der Waals surface area contributed by atoms with Gasteiger partial charge in [0.15, 0.2) is 0 Å². The molecule has 16 heavy (non-hydrogen) atoms. The van der Waals surface area contributed by atoms with Crippen molar-refractivity contribution in [3.63, 3.8) is 0 Å². The highest BCUT2D eigenvalue weighted by molar-refractivity contribution is 5.85. The number of halogens is 1. The highest BCUT2D eigenvalue weighted by Gasteiger charge is 2.33. The van der Waals surface area contributed by atoms with Crippen molar-refractivity contribution in [2.75, 3.05) is 18.9 Å². The van der Waals surface area contributed by atoms with Crippen molar-refractivity contribution < 1.29 is 5.11 Å². The average Bonchev–Trinajstić information content (AvgIpc) is 2.42. The van der Waals surface area contributed by atoms with E-state index in [2.05, 4.69) is 10.3 Å². The van der Waals surface area contributed by atoms with Gasteiger partial charge < -0.3 is 15.3 Å². The van der Waals surface area contributed by atoms with Gasteiger partial charge in [-0.15, -0.1) is 12.4 Å². The van der Waals surface area contributed by atoms with E-state index in [9.17, 15) is 5.11 Å². The topological polar surface area (TPSA) is 47.9 Å². The van der Waals surface area contributed by atoms with Crippen LogP contribution < -0.4 is 5.32 Å². The standard InChI is InChI=1S/C11H15N3O.ClH/c1-9-12-11(15,8-14(9)2)13-10-6-4-3-5-7-10;/h3-7,13,15H,8H2,1-2H3;1H. The van der Waals surface area contributed by atoms with E-state index in [1.165, 1.54) is 0 Å². The van der Waals surface area contributed by atoms with Crippen LogP contribution in [0.25, 0.3) is 0 Å². The van der Waals surface area contributed by atoms with Crippen LogP contribution in [-0.2, 0) is 0 Å². The van der Waals surface area contributed by atoms with Gasteiger partial charge in [-0.1, -0.05) is 18.2 Å². The first-order chi connectivity index (χ1) is 7.09. The van der Waals surface area contributed by atoms with Crippen LogP contribution in [0.1, 0.15) is 6.92 Å². The van der Waals surface area contributed by atoms with Crippen LogP contribution in [0.5, 0.6) is 0 Å². The Morgan fingerprint density at radius 3 is 2.50 bits per heavy atom. The third-order valence-corrected chi connectivity index (χ3v) is 2.48. The van der Waals surface area contributed by atoms with Crippen LogP contribution in [0.2, 0.25) is 0 Å². The lowest BCUT2D eigenvalue weighted by atomic mass is 10.3. The number of benzene rings is 1. The molecule has 1 heterocycles. The number of hydrogen-bond acceptors (Lipinski definition) is 4. The number of aliphatic hydroxyl groups is 1. The number of likely N-dealkylation sites (N-methyl/N-ethyl adjacent to an activating group) is 1. The van der Waals surface area contributed by atoms with Crippen LogP contribution >= 0.6 is 12.4 Å². The van der Waals surface area contributed by atoms with Gasteiger partial charge in [0.05, 0.1) is 6.54 Å². The van der Waals surface area contributed by atoms with Gasteiger partial charge in [-0.2, -0.15) is 0 Å². The van der Waals surface area contributed by atoms with Crippen molar-refractivity contribution in [2.24, 2.45) is 4.99 Å². The molecule has 1 atom stereocenters. The van der Waals surface area contributed by atoms with E-state index < -0.39 is 5.85 Å². The molecule has 88 valence electrons. The predicted octanol–water partition coefficient (Wildman–Crippen LogP) is 1.53. The molecule has 0 radical (unpaired) electrons. The highest BCUT2D eigenvalue weighted by Crippen LogP contribution is 2.20. The fraction of sp³-hybridized carbons (Fsp3) is 0.364. The van der Waals surface area contributed by atoms with Crippen molar-refractivity contribution in [1.29, 1.82) is 0 Å². The van der Waals surface area contributed by atoms with Crippen molar-refractivity contribution in [3.8, 4) is 0 Å². The van der Waals surface area contributed by atoms with E-state index in [4.69, 9.17) is 0 Å². The van der Waals surface area contributed by atoms with E-state index in [-0.39, 0.29) is 12.4 Å². The molecule has 1 aromatic carbocycles. The fourth-order valence-electron chi connectivity index (χ4n) is 1.65. The zero-order valence-corrected chi connectivity index (χ0v) is 10.2. The number of rotatable bonds is 2. The van der Waals surface area contributed by atoms with Crippen molar-refractivity contribution >= 4 is 23.9 Å². The van der Waals surface area contributed by atoms with Gasteiger partial charge in [-0.05, 0) is 19.1 Å². The van der Waals surface area contributed by atoms with Crippen LogP contribution in [0.4, 0.5) is 5.69 Å². The molecule has 0 saturated carbocycles. The Balaban J connectivity index is 0.00000128. The van der Waals surface area contributed by atoms with Crippen molar-refractivity contribution in [1.82, 2.24) is 4.90 Å². The molecule has 1 aliphatic heterocycles. The monoisotopic (exact) mass is 241 g/mol. The smallest absolute Gasteiger partial charge is 0.254 e. The molecular formula is C11H16ClN3O. The molecule has 0 fully saturated rings. The maximum Gasteiger partial charge on any atom is 0.254 e. The summed E-state index contributed by atoms with van der Waals surface area (Å²) in [7, 11) is 1.91. The van der Waals surface area contributed by atoms with Crippen LogP contribution in [0.15, 0.2) is 35.3 Å². The first kappa shape index (κ1) is 12.8. The minimum absolute atomic E-state index is 0. The Bertz CT molecular complexity index is 382. The second kappa shape index (κ2) is 4.72. The Hall–Kier alpha value is -1.26. The van der Waals surface area contributed by atoms with Gasteiger partial charge in [0, 0.05) is 12.7 Å². The molecule has 4 nitrogen and oxygen atoms in total. The zero-order valence-electron chi connectivity index (χ0n) is 9.34. The van der Waals surface area contributed by atoms with E-state index in [1.54, 1.807) is 0 Å². The number of hydrogen-bond donors (Lipinski definition) is 2. The molecule has 0 bridgehead atoms. The summed E-state index contributed by atoms with van der Waals surface area (Å²) in [4.78, 5) is 6.10. The summed E-state index contributed by atoms with van der Waals surface area (Å²) in [6.07, 6.45) is 0. The third-order valence-electron chi connectivity index (χ3n) is 2.48. The summed E-state index contributed by atoms with van der Waals surface area (Å²) in [5, 5.41) is 13.1. The van der Waals surface area contributed by atoms with E-state index in [1.807, 2.05) is 49.2 Å². The van der Waals surface area contributed by atoms with E-state index >= 15 is 0 Å². The second-order valence-electron chi connectivity index (χ2n) is 3.82. The fourth-order valence-corrected chi connectivity index (χ4v) is 1.65. The summed E-state index contributed by atoms with van der Waals surface area (Å²) in [5.74, 6) is -0.360. The molecule has 2 rings (SSSR count). The molecule has 5 heteroatoms. The van der Waals surface area contributed by atoms with Gasteiger partial charge in [-0.3, -0.25) is 0 Å². The lowest BCUT2D eigenvalue weighted by molar-refractivity contribution is 0.0777. The first-order valence-electron chi connectivity index (χ1n) is 4.92. The summed E-state index contributed by atoms with van der Waals surface area (Å²) in [6.45, 7) is 2.35. The third kappa shape index (κ3) is 2.65. The summed E-state index contributed by atoms with van der Waals surface area (Å²) in [5.41, 5.74) is 0.867. The molecule has 1 aliphatic rings. The Kier molecular flexibility index (Phi) is 3.78. The van der Waals surface area contributed by atoms with Crippen molar-refractivity contribution in [3.05, 3.63) is 30.3 Å². The summed E-state index contributed by atoms with van der Waals surface area (Å²) in [6, 6.07) is 9.58. The Labute approximate surface area is 101 Å². The lowest BCUT2D eigenvalue weighted by Gasteiger charge is -2.22. The van der Waals surface area contributed by atoms with Crippen LogP contribution in [0, 0.1) is 0 Å². The maximum atomic E-state index is 10.1. The summed E-state index contributed by atoms with van der Waals surface area (Å²) < 4.78 is 0. The van der Waals surface area contributed by atoms with E-state index in [0.29, 0.717) is 6.54 Å². The number of amidine groups is 1. The predicted molar refractivity (Wildman–Crippen MR) is 68.0 cm³/mol. The largest absolute Gasteiger partial charge is 0.357 e. The molecule has 0 aliphatic carbocycles. The molecule has 0 amide bonds. The zero-order chi connectivity index (χ0) is 10.9. The van der Waals surface area contributed by atoms with Gasteiger partial charge >= 0.3 is 0 Å². The van der Waals surface area contributed by atoms with E-state index in [0.717, 1.165) is 11.5 Å². The molecule has 2 N–H and O–H groups in total. The number of nitrogens with one attached hydrogen (secondary N) is 1. The van der Waals surface area contributed by atoms with Gasteiger partial charge in [0.1, 0.15) is 5.84 Å². The van der Waals surface area contributed by atoms with Crippen LogP contribution in [0.3, 0.4) is 0 Å². The van der Waals surface area contributed by atoms with Crippen molar-refractivity contribution in [2.45, 2.75) is 12.8 Å². The number of anilines is 1. The summed E-state index contributed by atoms with van der Waals surface area (Å²) >= 11 is 0. The molecular weight excluding hydrogens is 226 g/mol. The van der Waals surface area contributed by atoms with Crippen LogP contribution in [-0.4, -0.2) is 35.3 Å². The quantitative estimate of drug-likeness (QED) is 0.772. The number of β-amino-alcohol motifs (C(OH)–C–C–N with tert-alkyl or cyclic N) is 1. The van der Waals surface area contributed by atoms with Gasteiger partial charge in [0.25, 0.3) is 5.85 Å². The Morgan fingerprint density at radius 1 is 1.38 bits per heavy atom.